The number of halogens is 4. The Morgan fingerprint density at radius 3 is 2.62 bits per heavy atom. The van der Waals surface area contributed by atoms with Crippen molar-refractivity contribution in [3.05, 3.63) is 58.9 Å². The van der Waals surface area contributed by atoms with E-state index < -0.39 is 45.5 Å². The van der Waals surface area contributed by atoms with Crippen molar-refractivity contribution in [2.24, 2.45) is 5.92 Å². The fourth-order valence-corrected chi connectivity index (χ4v) is 4.97. The number of carbonyl (C=O) groups is 1. The number of alkyl halides is 2. The fourth-order valence-electron chi connectivity index (χ4n) is 4.11. The molecule has 0 bridgehead atoms. The third-order valence-electron chi connectivity index (χ3n) is 6.15. The lowest BCUT2D eigenvalue weighted by molar-refractivity contribution is -0.147. The lowest BCUT2D eigenvalue weighted by atomic mass is 9.93. The van der Waals surface area contributed by atoms with E-state index >= 15 is 4.39 Å². The molecule has 2 fully saturated rings. The Bertz CT molecular complexity index is 1160. The molecule has 4 atom stereocenters. The summed E-state index contributed by atoms with van der Waals surface area (Å²) in [5, 5.41) is 0.317. The van der Waals surface area contributed by atoms with Gasteiger partial charge < -0.3 is 4.90 Å². The number of hydrogen-bond acceptors (Lipinski definition) is 3. The Labute approximate surface area is 189 Å². The van der Waals surface area contributed by atoms with Crippen molar-refractivity contribution in [2.45, 2.75) is 31.2 Å². The molecule has 172 valence electrons. The Balaban J connectivity index is 1.56. The van der Waals surface area contributed by atoms with Gasteiger partial charge in [-0.2, -0.15) is 0 Å². The van der Waals surface area contributed by atoms with Crippen molar-refractivity contribution in [3.8, 4) is 11.1 Å². The van der Waals surface area contributed by atoms with Gasteiger partial charge in [-0.25, -0.2) is 26.3 Å². The topological polar surface area (TPSA) is 66.5 Å². The predicted octanol–water partition coefficient (Wildman–Crippen LogP) is 3.82. The monoisotopic (exact) mass is 486 g/mol. The van der Waals surface area contributed by atoms with Crippen LogP contribution >= 0.6 is 11.6 Å². The summed E-state index contributed by atoms with van der Waals surface area (Å²) in [6, 6.07) is 9.27. The average Bonchev–Trinajstić information content (AvgIpc) is 3.44. The van der Waals surface area contributed by atoms with Gasteiger partial charge in [0, 0.05) is 23.6 Å². The molecule has 1 N–H and O–H groups in total. The van der Waals surface area contributed by atoms with E-state index in [0.717, 1.165) is 6.07 Å². The number of likely N-dealkylation sites (tertiary alicyclic amines) is 1. The number of rotatable bonds is 7. The molecular formula is C22H22ClF3N2O3S. The summed E-state index contributed by atoms with van der Waals surface area (Å²) in [5.74, 6) is -2.39. The summed E-state index contributed by atoms with van der Waals surface area (Å²) < 4.78 is 69.5. The summed E-state index contributed by atoms with van der Waals surface area (Å²) in [4.78, 5) is 14.1. The maximum atomic E-state index is 15.9. The van der Waals surface area contributed by atoms with Crippen molar-refractivity contribution in [1.29, 1.82) is 0 Å². The van der Waals surface area contributed by atoms with Crippen LogP contribution in [0.5, 0.6) is 0 Å². The molecule has 10 heteroatoms. The van der Waals surface area contributed by atoms with Crippen LogP contribution in [0, 0.1) is 11.7 Å². The minimum absolute atomic E-state index is 0.129. The fraction of sp³-hybridized carbons (Fsp3) is 0.409. The summed E-state index contributed by atoms with van der Waals surface area (Å²) in [6.07, 6.45) is -1.52. The zero-order valence-electron chi connectivity index (χ0n) is 17.2. The van der Waals surface area contributed by atoms with Crippen LogP contribution in [0.4, 0.5) is 13.2 Å². The Morgan fingerprint density at radius 1 is 1.25 bits per heavy atom. The van der Waals surface area contributed by atoms with Crippen molar-refractivity contribution in [1.82, 2.24) is 9.62 Å². The molecule has 1 amide bonds. The van der Waals surface area contributed by atoms with E-state index in [9.17, 15) is 22.0 Å². The van der Waals surface area contributed by atoms with Crippen LogP contribution in [0.25, 0.3) is 11.1 Å². The van der Waals surface area contributed by atoms with Crippen LogP contribution in [0.15, 0.2) is 42.5 Å². The number of amides is 1. The largest absolute Gasteiger partial charge is 0.332 e. The number of nitrogens with zero attached hydrogens (tertiary/aromatic N) is 1. The molecular weight excluding hydrogens is 465 g/mol. The van der Waals surface area contributed by atoms with E-state index in [-0.39, 0.29) is 36.4 Å². The standard InChI is InChI=1S/C22H22ClF3N2O3S/c1-2-32(30,31)27-11-20-19(25)12-28(20)21(29)17-10-22(17,26)16-8-7-13(24)9-15(16)14-5-3-4-6-18(14)23/h3-9,17,19-20,27H,2,10-12H2,1H3/t17-,19+,20+,22+/m0/s1. The highest BCUT2D eigenvalue weighted by atomic mass is 35.5. The number of carbonyl (C=O) groups excluding carboxylic acids is 1. The van der Waals surface area contributed by atoms with Crippen molar-refractivity contribution in [2.75, 3.05) is 18.8 Å². The third-order valence-corrected chi connectivity index (χ3v) is 7.85. The third kappa shape index (κ3) is 4.13. The first-order chi connectivity index (χ1) is 15.1. The smallest absolute Gasteiger partial charge is 0.229 e. The van der Waals surface area contributed by atoms with Crippen LogP contribution < -0.4 is 4.72 Å². The van der Waals surface area contributed by atoms with Gasteiger partial charge in [0.1, 0.15) is 17.7 Å². The Kier molecular flexibility index (Phi) is 6.02. The van der Waals surface area contributed by atoms with Gasteiger partial charge in [0.25, 0.3) is 0 Å². The quantitative estimate of drug-likeness (QED) is 0.647. The minimum Gasteiger partial charge on any atom is -0.332 e. The van der Waals surface area contributed by atoms with Crippen LogP contribution in [-0.4, -0.2) is 50.3 Å². The molecule has 2 aliphatic rings. The van der Waals surface area contributed by atoms with Gasteiger partial charge in [-0.05, 0) is 36.2 Å². The molecule has 1 aliphatic carbocycles. The van der Waals surface area contributed by atoms with Crippen molar-refractivity contribution in [3.63, 3.8) is 0 Å². The highest BCUT2D eigenvalue weighted by Gasteiger charge is 2.64. The second-order valence-corrected chi connectivity index (χ2v) is 10.6. The summed E-state index contributed by atoms with van der Waals surface area (Å²) in [5.41, 5.74) is -1.20. The molecule has 1 aliphatic heterocycles. The van der Waals surface area contributed by atoms with E-state index in [4.69, 9.17) is 11.6 Å². The SMILES string of the molecule is CCS(=O)(=O)NC[C@@H]1[C@H](F)CN1C(=O)[C@@H]1C[C@@]1(F)c1ccc(F)cc1-c1ccccc1Cl. The first kappa shape index (κ1) is 23.1. The van der Waals surface area contributed by atoms with E-state index in [1.54, 1.807) is 24.3 Å². The maximum Gasteiger partial charge on any atom is 0.229 e. The van der Waals surface area contributed by atoms with E-state index in [2.05, 4.69) is 4.72 Å². The zero-order chi connectivity index (χ0) is 23.3. The number of hydrogen-bond donors (Lipinski definition) is 1. The molecule has 32 heavy (non-hydrogen) atoms. The predicted molar refractivity (Wildman–Crippen MR) is 116 cm³/mol. The Morgan fingerprint density at radius 2 is 1.97 bits per heavy atom. The van der Waals surface area contributed by atoms with E-state index in [1.165, 1.54) is 24.0 Å². The number of sulfonamides is 1. The molecule has 4 rings (SSSR count). The molecule has 0 unspecified atom stereocenters. The molecule has 0 aromatic heterocycles. The first-order valence-electron chi connectivity index (χ1n) is 10.2. The van der Waals surface area contributed by atoms with Gasteiger partial charge in [0.15, 0.2) is 0 Å². The van der Waals surface area contributed by atoms with Gasteiger partial charge in [0.05, 0.1) is 24.3 Å². The van der Waals surface area contributed by atoms with E-state index in [1.807, 2.05) is 0 Å². The normalized spacial score (nSPS) is 27.2. The molecule has 5 nitrogen and oxygen atoms in total. The average molecular weight is 487 g/mol. The maximum absolute atomic E-state index is 15.9. The van der Waals surface area contributed by atoms with Gasteiger partial charge in [0.2, 0.25) is 15.9 Å². The molecule has 1 saturated heterocycles. The van der Waals surface area contributed by atoms with Crippen LogP contribution in [0.1, 0.15) is 18.9 Å². The van der Waals surface area contributed by atoms with Crippen LogP contribution in [-0.2, 0) is 20.5 Å². The molecule has 1 saturated carbocycles. The molecule has 2 aromatic carbocycles. The molecule has 2 aromatic rings. The lowest BCUT2D eigenvalue weighted by Crippen LogP contribution is -2.64. The zero-order valence-corrected chi connectivity index (χ0v) is 18.8. The Hall–Kier alpha value is -2.10. The van der Waals surface area contributed by atoms with E-state index in [0.29, 0.717) is 10.6 Å². The van der Waals surface area contributed by atoms with Crippen molar-refractivity contribution >= 4 is 27.5 Å². The highest BCUT2D eigenvalue weighted by Crippen LogP contribution is 2.59. The summed E-state index contributed by atoms with van der Waals surface area (Å²) in [6.45, 7) is 0.959. The second-order valence-electron chi connectivity index (χ2n) is 8.11. The minimum atomic E-state index is -3.55. The highest BCUT2D eigenvalue weighted by molar-refractivity contribution is 7.89. The van der Waals surface area contributed by atoms with Gasteiger partial charge in [-0.15, -0.1) is 0 Å². The van der Waals surface area contributed by atoms with Gasteiger partial charge >= 0.3 is 0 Å². The van der Waals surface area contributed by atoms with Crippen molar-refractivity contribution < 1.29 is 26.4 Å². The molecule has 0 radical (unpaired) electrons. The molecule has 1 heterocycles. The molecule has 0 spiro atoms. The second kappa shape index (κ2) is 8.35. The van der Waals surface area contributed by atoms with Gasteiger partial charge in [-0.3, -0.25) is 4.79 Å². The number of nitrogens with one attached hydrogen (secondary N) is 1. The first-order valence-corrected chi connectivity index (χ1v) is 12.3. The van der Waals surface area contributed by atoms with Gasteiger partial charge in [-0.1, -0.05) is 35.9 Å². The van der Waals surface area contributed by atoms with Crippen LogP contribution in [0.2, 0.25) is 5.02 Å². The lowest BCUT2D eigenvalue weighted by Gasteiger charge is -2.44. The number of benzene rings is 2. The summed E-state index contributed by atoms with van der Waals surface area (Å²) in [7, 11) is -3.55. The summed E-state index contributed by atoms with van der Waals surface area (Å²) >= 11 is 6.24. The van der Waals surface area contributed by atoms with Crippen LogP contribution in [0.3, 0.4) is 0 Å².